The number of carbonyl (C=O) groups excluding carboxylic acids is 1. The summed E-state index contributed by atoms with van der Waals surface area (Å²) in [6, 6.07) is 4.67. The molecule has 140 valence electrons. The smallest absolute Gasteiger partial charge is 0.248 e. The lowest BCUT2D eigenvalue weighted by atomic mass is 10.2. The molecule has 0 atom stereocenters. The fourth-order valence-corrected chi connectivity index (χ4v) is 3.92. The number of thiazole rings is 1. The summed E-state index contributed by atoms with van der Waals surface area (Å²) in [6.45, 7) is 2.46. The van der Waals surface area contributed by atoms with Gasteiger partial charge in [0, 0.05) is 36.4 Å². The Morgan fingerprint density at radius 2 is 2.19 bits per heavy atom. The van der Waals surface area contributed by atoms with E-state index in [4.69, 9.17) is 16.3 Å². The molecule has 1 N–H and O–H groups in total. The number of fused-ring (bicyclic) bond motifs is 1. The monoisotopic (exact) mass is 406 g/mol. The summed E-state index contributed by atoms with van der Waals surface area (Å²) < 4.78 is 21.5. The Balaban J connectivity index is 1.45. The van der Waals surface area contributed by atoms with E-state index < -0.39 is 0 Å². The fourth-order valence-electron chi connectivity index (χ4n) is 2.91. The standard InChI is InChI=1S/C18H16ClFN4O2S/c19-17-15(24-7-10-27-18(24)22-17)3-4-16(25)21-12-1-2-14(13(20)11-12)23-5-8-26-9-6-23/h1-4,7,10-11H,5-6,8-9H2,(H,21,25)/b4-3+. The van der Waals surface area contributed by atoms with Crippen molar-refractivity contribution in [2.24, 2.45) is 0 Å². The second kappa shape index (κ2) is 7.67. The van der Waals surface area contributed by atoms with Crippen LogP contribution in [-0.2, 0) is 9.53 Å². The summed E-state index contributed by atoms with van der Waals surface area (Å²) in [7, 11) is 0. The molecule has 3 aromatic rings. The van der Waals surface area contributed by atoms with Crippen LogP contribution >= 0.6 is 22.9 Å². The predicted octanol–water partition coefficient (Wildman–Crippen LogP) is 3.68. The first-order valence-electron chi connectivity index (χ1n) is 8.34. The van der Waals surface area contributed by atoms with Crippen molar-refractivity contribution >= 4 is 51.3 Å². The summed E-state index contributed by atoms with van der Waals surface area (Å²) in [5.74, 6) is -0.757. The van der Waals surface area contributed by atoms with Crippen molar-refractivity contribution in [2.45, 2.75) is 0 Å². The first-order chi connectivity index (χ1) is 13.1. The van der Waals surface area contributed by atoms with E-state index in [0.717, 1.165) is 4.96 Å². The molecule has 0 unspecified atom stereocenters. The molecule has 0 bridgehead atoms. The number of halogens is 2. The fraction of sp³-hybridized carbons (Fsp3) is 0.222. The molecule has 0 saturated carbocycles. The van der Waals surface area contributed by atoms with Gasteiger partial charge in [-0.25, -0.2) is 9.37 Å². The number of anilines is 2. The number of rotatable bonds is 4. The zero-order valence-electron chi connectivity index (χ0n) is 14.2. The van der Waals surface area contributed by atoms with Gasteiger partial charge in [-0.3, -0.25) is 9.20 Å². The Kier molecular flexibility index (Phi) is 5.11. The Morgan fingerprint density at radius 1 is 1.37 bits per heavy atom. The Morgan fingerprint density at radius 3 is 2.96 bits per heavy atom. The van der Waals surface area contributed by atoms with Crippen molar-refractivity contribution in [3.8, 4) is 0 Å². The van der Waals surface area contributed by atoms with Crippen LogP contribution in [0.5, 0.6) is 0 Å². The zero-order valence-corrected chi connectivity index (χ0v) is 15.8. The molecule has 0 spiro atoms. The van der Waals surface area contributed by atoms with Crippen molar-refractivity contribution in [1.82, 2.24) is 9.38 Å². The van der Waals surface area contributed by atoms with Crippen molar-refractivity contribution < 1.29 is 13.9 Å². The molecule has 1 saturated heterocycles. The molecule has 1 fully saturated rings. The minimum atomic E-state index is -0.380. The summed E-state index contributed by atoms with van der Waals surface area (Å²) in [5, 5.41) is 4.87. The van der Waals surface area contributed by atoms with Crippen LogP contribution in [0.15, 0.2) is 35.9 Å². The highest BCUT2D eigenvalue weighted by Gasteiger charge is 2.15. The van der Waals surface area contributed by atoms with E-state index in [2.05, 4.69) is 10.3 Å². The van der Waals surface area contributed by atoms with Gasteiger partial charge < -0.3 is 15.0 Å². The van der Waals surface area contributed by atoms with Gasteiger partial charge in [0.1, 0.15) is 5.82 Å². The van der Waals surface area contributed by atoms with Crippen LogP contribution in [0, 0.1) is 5.82 Å². The lowest BCUT2D eigenvalue weighted by molar-refractivity contribution is -0.111. The van der Waals surface area contributed by atoms with Crippen LogP contribution in [-0.4, -0.2) is 41.6 Å². The van der Waals surface area contributed by atoms with E-state index >= 15 is 0 Å². The summed E-state index contributed by atoms with van der Waals surface area (Å²) in [6.07, 6.45) is 4.76. The largest absolute Gasteiger partial charge is 0.378 e. The van der Waals surface area contributed by atoms with Gasteiger partial charge in [0.2, 0.25) is 5.91 Å². The van der Waals surface area contributed by atoms with E-state index in [1.807, 2.05) is 16.5 Å². The molecular weight excluding hydrogens is 391 g/mol. The van der Waals surface area contributed by atoms with E-state index in [9.17, 15) is 9.18 Å². The topological polar surface area (TPSA) is 58.9 Å². The van der Waals surface area contributed by atoms with Crippen LogP contribution in [0.4, 0.5) is 15.8 Å². The van der Waals surface area contributed by atoms with E-state index in [1.165, 1.54) is 23.5 Å². The summed E-state index contributed by atoms with van der Waals surface area (Å²) in [4.78, 5) is 19.1. The van der Waals surface area contributed by atoms with Crippen LogP contribution in [0.1, 0.15) is 5.69 Å². The lowest BCUT2D eigenvalue weighted by Crippen LogP contribution is -2.36. The van der Waals surface area contributed by atoms with Gasteiger partial charge in [-0.15, -0.1) is 11.3 Å². The quantitative estimate of drug-likeness (QED) is 0.671. The number of hydrogen-bond acceptors (Lipinski definition) is 5. The van der Waals surface area contributed by atoms with Crippen molar-refractivity contribution in [3.63, 3.8) is 0 Å². The number of nitrogens with one attached hydrogen (secondary N) is 1. The van der Waals surface area contributed by atoms with Gasteiger partial charge in [0.05, 0.1) is 24.6 Å². The molecular formula is C18H16ClFN4O2S. The number of aromatic nitrogens is 2. The maximum atomic E-state index is 14.4. The predicted molar refractivity (Wildman–Crippen MR) is 105 cm³/mol. The third-order valence-corrected chi connectivity index (χ3v) is 5.25. The van der Waals surface area contributed by atoms with E-state index in [1.54, 1.807) is 22.6 Å². The highest BCUT2D eigenvalue weighted by Crippen LogP contribution is 2.24. The number of ether oxygens (including phenoxy) is 1. The molecule has 9 heteroatoms. The van der Waals surface area contributed by atoms with Crippen LogP contribution in [0.25, 0.3) is 11.0 Å². The third kappa shape index (κ3) is 3.83. The first-order valence-corrected chi connectivity index (χ1v) is 9.60. The van der Waals surface area contributed by atoms with Crippen molar-refractivity contribution in [2.75, 3.05) is 36.5 Å². The summed E-state index contributed by atoms with van der Waals surface area (Å²) in [5.41, 5.74) is 1.52. The second-order valence-electron chi connectivity index (χ2n) is 5.93. The minimum absolute atomic E-state index is 0.326. The van der Waals surface area contributed by atoms with Gasteiger partial charge in [-0.2, -0.15) is 0 Å². The lowest BCUT2D eigenvalue weighted by Gasteiger charge is -2.29. The van der Waals surface area contributed by atoms with Crippen LogP contribution < -0.4 is 10.2 Å². The van der Waals surface area contributed by atoms with Gasteiger partial charge in [-0.05, 0) is 24.3 Å². The number of morpholine rings is 1. The minimum Gasteiger partial charge on any atom is -0.378 e. The molecule has 1 aromatic carbocycles. The van der Waals surface area contributed by atoms with Gasteiger partial charge in [-0.1, -0.05) is 11.6 Å². The van der Waals surface area contributed by atoms with Crippen LogP contribution in [0.3, 0.4) is 0 Å². The van der Waals surface area contributed by atoms with E-state index in [0.29, 0.717) is 48.5 Å². The van der Waals surface area contributed by atoms with E-state index in [-0.39, 0.29) is 11.7 Å². The SMILES string of the molecule is O=C(/C=C/c1c(Cl)nc2sccn12)Nc1ccc(N2CCOCC2)c(F)c1. The van der Waals surface area contributed by atoms with Crippen molar-refractivity contribution in [1.29, 1.82) is 0 Å². The van der Waals surface area contributed by atoms with Gasteiger partial charge in [0.15, 0.2) is 10.1 Å². The molecule has 3 heterocycles. The first kappa shape index (κ1) is 18.0. The number of benzene rings is 1. The second-order valence-corrected chi connectivity index (χ2v) is 7.16. The Hall–Kier alpha value is -2.42. The molecule has 0 radical (unpaired) electrons. The van der Waals surface area contributed by atoms with Crippen LogP contribution in [0.2, 0.25) is 5.15 Å². The number of imidazole rings is 1. The zero-order chi connectivity index (χ0) is 18.8. The molecule has 0 aliphatic carbocycles. The Labute approximate surface area is 163 Å². The third-order valence-electron chi connectivity index (χ3n) is 4.21. The number of nitrogens with zero attached hydrogens (tertiary/aromatic N) is 3. The molecule has 2 aromatic heterocycles. The highest BCUT2D eigenvalue weighted by molar-refractivity contribution is 7.15. The maximum Gasteiger partial charge on any atom is 0.248 e. The normalized spacial score (nSPS) is 15.0. The molecule has 1 aliphatic rings. The van der Waals surface area contributed by atoms with Gasteiger partial charge in [0.25, 0.3) is 0 Å². The van der Waals surface area contributed by atoms with Crippen molar-refractivity contribution in [3.05, 3.63) is 52.5 Å². The summed E-state index contributed by atoms with van der Waals surface area (Å²) >= 11 is 7.55. The molecule has 6 nitrogen and oxygen atoms in total. The Bertz CT molecular complexity index is 1010. The number of amides is 1. The van der Waals surface area contributed by atoms with Gasteiger partial charge >= 0.3 is 0 Å². The average Bonchev–Trinajstić information content (AvgIpc) is 3.21. The molecule has 1 aliphatic heterocycles. The highest BCUT2D eigenvalue weighted by atomic mass is 35.5. The average molecular weight is 407 g/mol. The number of carbonyl (C=O) groups is 1. The molecule has 27 heavy (non-hydrogen) atoms. The number of hydrogen-bond donors (Lipinski definition) is 1. The maximum absolute atomic E-state index is 14.4. The molecule has 1 amide bonds. The molecule has 4 rings (SSSR count).